The Morgan fingerprint density at radius 1 is 1.15 bits per heavy atom. The smallest absolute Gasteiger partial charge is 0.226 e. The molecule has 0 atom stereocenters. The lowest BCUT2D eigenvalue weighted by Crippen LogP contribution is -2.15. The van der Waals surface area contributed by atoms with E-state index in [1.807, 2.05) is 41.2 Å². The van der Waals surface area contributed by atoms with Crippen molar-refractivity contribution in [2.75, 3.05) is 5.32 Å². The predicted octanol–water partition coefficient (Wildman–Crippen LogP) is 2.46. The molecule has 0 saturated carbocycles. The molecule has 0 fully saturated rings. The van der Waals surface area contributed by atoms with Crippen LogP contribution in [0.2, 0.25) is 0 Å². The molecule has 2 heterocycles. The average molecular weight is 266 g/mol. The van der Waals surface area contributed by atoms with Crippen LogP contribution in [0.25, 0.3) is 10.9 Å². The molecule has 3 aromatic rings. The Morgan fingerprint density at radius 2 is 2.05 bits per heavy atom. The maximum Gasteiger partial charge on any atom is 0.226 e. The molecular weight excluding hydrogens is 252 g/mol. The van der Waals surface area contributed by atoms with E-state index >= 15 is 0 Å². The molecule has 0 radical (unpaired) electrons. The Labute approximate surface area is 116 Å². The maximum absolute atomic E-state index is 11.9. The van der Waals surface area contributed by atoms with E-state index < -0.39 is 0 Å². The number of amides is 1. The quantitative estimate of drug-likeness (QED) is 0.789. The number of aryl methyl sites for hydroxylation is 1. The number of fused-ring (bicyclic) bond motifs is 1. The second-order valence-corrected chi connectivity index (χ2v) is 4.47. The summed E-state index contributed by atoms with van der Waals surface area (Å²) in [6.07, 6.45) is 5.49. The van der Waals surface area contributed by atoms with Gasteiger partial charge in [0.05, 0.1) is 30.1 Å². The zero-order chi connectivity index (χ0) is 13.8. The second kappa shape index (κ2) is 5.52. The highest BCUT2D eigenvalue weighted by Crippen LogP contribution is 2.13. The third kappa shape index (κ3) is 2.66. The van der Waals surface area contributed by atoms with Crippen LogP contribution in [0.3, 0.4) is 0 Å². The predicted molar refractivity (Wildman–Crippen MR) is 77.2 cm³/mol. The maximum atomic E-state index is 11.9. The molecule has 0 saturated heterocycles. The van der Waals surface area contributed by atoms with Gasteiger partial charge in [0.1, 0.15) is 0 Å². The monoisotopic (exact) mass is 266 g/mol. The van der Waals surface area contributed by atoms with Crippen molar-refractivity contribution in [3.05, 3.63) is 55.0 Å². The standard InChI is InChI=1S/C15H14N4O/c20-15(18-13-5-3-8-16-11-13)7-9-19-14-6-2-1-4-12(14)10-17-19/h1-6,8,10-11H,7,9H2,(H,18,20). The van der Waals surface area contributed by atoms with Gasteiger partial charge in [-0.1, -0.05) is 18.2 Å². The van der Waals surface area contributed by atoms with E-state index in [-0.39, 0.29) is 5.91 Å². The number of hydrogen-bond donors (Lipinski definition) is 1. The SMILES string of the molecule is O=C(CCn1ncc2ccccc21)Nc1cccnc1. The highest BCUT2D eigenvalue weighted by molar-refractivity contribution is 5.90. The number of hydrogen-bond acceptors (Lipinski definition) is 3. The van der Waals surface area contributed by atoms with Gasteiger partial charge in [-0.3, -0.25) is 14.5 Å². The summed E-state index contributed by atoms with van der Waals surface area (Å²) >= 11 is 0. The Hall–Kier alpha value is -2.69. The molecular formula is C15H14N4O. The van der Waals surface area contributed by atoms with E-state index in [0.717, 1.165) is 10.9 Å². The molecule has 1 aromatic carbocycles. The number of nitrogens with one attached hydrogen (secondary N) is 1. The molecule has 2 aromatic heterocycles. The highest BCUT2D eigenvalue weighted by Gasteiger charge is 2.05. The van der Waals surface area contributed by atoms with Gasteiger partial charge in [0.2, 0.25) is 5.91 Å². The second-order valence-electron chi connectivity index (χ2n) is 4.47. The molecule has 20 heavy (non-hydrogen) atoms. The fourth-order valence-electron chi connectivity index (χ4n) is 2.07. The minimum absolute atomic E-state index is 0.0439. The summed E-state index contributed by atoms with van der Waals surface area (Å²) in [6, 6.07) is 11.6. The molecule has 1 amide bonds. The van der Waals surface area contributed by atoms with Crippen LogP contribution in [0.4, 0.5) is 5.69 Å². The molecule has 0 spiro atoms. The molecule has 1 N–H and O–H groups in total. The van der Waals surface area contributed by atoms with Crippen LogP contribution in [0.5, 0.6) is 0 Å². The van der Waals surface area contributed by atoms with Crippen molar-refractivity contribution in [2.45, 2.75) is 13.0 Å². The van der Waals surface area contributed by atoms with Crippen LogP contribution in [0, 0.1) is 0 Å². The van der Waals surface area contributed by atoms with Crippen molar-refractivity contribution < 1.29 is 4.79 Å². The van der Waals surface area contributed by atoms with Gasteiger partial charge < -0.3 is 5.32 Å². The van der Waals surface area contributed by atoms with Gasteiger partial charge in [0, 0.05) is 18.0 Å². The molecule has 0 unspecified atom stereocenters. The fourth-order valence-corrected chi connectivity index (χ4v) is 2.07. The van der Waals surface area contributed by atoms with Gasteiger partial charge >= 0.3 is 0 Å². The van der Waals surface area contributed by atoms with Crippen molar-refractivity contribution >= 4 is 22.5 Å². The van der Waals surface area contributed by atoms with Gasteiger partial charge in [-0.05, 0) is 18.2 Å². The number of rotatable bonds is 4. The summed E-state index contributed by atoms with van der Waals surface area (Å²) in [5.74, 6) is -0.0439. The molecule has 5 heteroatoms. The topological polar surface area (TPSA) is 59.8 Å². The van der Waals surface area contributed by atoms with Crippen LogP contribution < -0.4 is 5.32 Å². The number of carbonyl (C=O) groups excluding carboxylic acids is 1. The van der Waals surface area contributed by atoms with Crippen LogP contribution in [0.1, 0.15) is 6.42 Å². The molecule has 0 bridgehead atoms. The number of carbonyl (C=O) groups is 1. The van der Waals surface area contributed by atoms with E-state index in [9.17, 15) is 4.79 Å². The molecule has 0 aliphatic rings. The summed E-state index contributed by atoms with van der Waals surface area (Å²) < 4.78 is 1.85. The molecule has 5 nitrogen and oxygen atoms in total. The van der Waals surface area contributed by atoms with Gasteiger partial charge in [-0.15, -0.1) is 0 Å². The lowest BCUT2D eigenvalue weighted by molar-refractivity contribution is -0.116. The van der Waals surface area contributed by atoms with Gasteiger partial charge in [-0.2, -0.15) is 5.10 Å². The van der Waals surface area contributed by atoms with Crippen molar-refractivity contribution in [3.63, 3.8) is 0 Å². The van der Waals surface area contributed by atoms with E-state index in [0.29, 0.717) is 18.7 Å². The van der Waals surface area contributed by atoms with E-state index in [4.69, 9.17) is 0 Å². The molecule has 0 aliphatic carbocycles. The van der Waals surface area contributed by atoms with Crippen molar-refractivity contribution in [1.82, 2.24) is 14.8 Å². The Balaban J connectivity index is 1.63. The summed E-state index contributed by atoms with van der Waals surface area (Å²) in [5, 5.41) is 8.19. The third-order valence-electron chi connectivity index (χ3n) is 3.05. The lowest BCUT2D eigenvalue weighted by Gasteiger charge is -2.05. The summed E-state index contributed by atoms with van der Waals surface area (Å²) in [6.45, 7) is 0.555. The first-order valence-electron chi connectivity index (χ1n) is 6.43. The van der Waals surface area contributed by atoms with E-state index in [1.165, 1.54) is 0 Å². The summed E-state index contributed by atoms with van der Waals surface area (Å²) in [5.41, 5.74) is 1.75. The van der Waals surface area contributed by atoms with E-state index in [2.05, 4.69) is 15.4 Å². The minimum Gasteiger partial charge on any atom is -0.325 e. The summed E-state index contributed by atoms with van der Waals surface area (Å²) in [4.78, 5) is 15.8. The van der Waals surface area contributed by atoms with Gasteiger partial charge in [-0.25, -0.2) is 0 Å². The minimum atomic E-state index is -0.0439. The van der Waals surface area contributed by atoms with Crippen molar-refractivity contribution in [1.29, 1.82) is 0 Å². The van der Waals surface area contributed by atoms with Crippen LogP contribution in [-0.4, -0.2) is 20.7 Å². The van der Waals surface area contributed by atoms with Gasteiger partial charge in [0.15, 0.2) is 0 Å². The first-order valence-corrected chi connectivity index (χ1v) is 6.43. The molecule has 3 rings (SSSR count). The average Bonchev–Trinajstić information content (AvgIpc) is 2.89. The number of para-hydroxylation sites is 1. The van der Waals surface area contributed by atoms with Crippen LogP contribution in [0.15, 0.2) is 55.0 Å². The number of anilines is 1. The van der Waals surface area contributed by atoms with E-state index in [1.54, 1.807) is 18.5 Å². The van der Waals surface area contributed by atoms with Crippen molar-refractivity contribution in [3.8, 4) is 0 Å². The largest absolute Gasteiger partial charge is 0.325 e. The number of benzene rings is 1. The number of nitrogens with zero attached hydrogens (tertiary/aromatic N) is 3. The van der Waals surface area contributed by atoms with Gasteiger partial charge in [0.25, 0.3) is 0 Å². The molecule has 100 valence electrons. The number of aromatic nitrogens is 3. The lowest BCUT2D eigenvalue weighted by atomic mass is 10.2. The first kappa shape index (κ1) is 12.3. The normalized spacial score (nSPS) is 10.6. The zero-order valence-electron chi connectivity index (χ0n) is 10.9. The number of pyridine rings is 1. The highest BCUT2D eigenvalue weighted by atomic mass is 16.1. The Kier molecular flexibility index (Phi) is 3.41. The first-order chi connectivity index (χ1) is 9.83. The van der Waals surface area contributed by atoms with Crippen molar-refractivity contribution in [2.24, 2.45) is 0 Å². The van der Waals surface area contributed by atoms with Crippen LogP contribution >= 0.6 is 0 Å². The molecule has 0 aliphatic heterocycles. The Bertz CT molecular complexity index is 721. The third-order valence-corrected chi connectivity index (χ3v) is 3.05. The zero-order valence-corrected chi connectivity index (χ0v) is 10.9. The fraction of sp³-hybridized carbons (Fsp3) is 0.133. The Morgan fingerprint density at radius 3 is 2.90 bits per heavy atom. The van der Waals surface area contributed by atoms with Crippen LogP contribution in [-0.2, 0) is 11.3 Å². The summed E-state index contributed by atoms with van der Waals surface area (Å²) in [7, 11) is 0.